The number of unbranched alkanes of at least 4 members (excludes halogenated alkanes) is 8. The predicted octanol–water partition coefficient (Wildman–Crippen LogP) is 3.95. The minimum absolute atomic E-state index is 0.0734. The van der Waals surface area contributed by atoms with E-state index >= 15 is 0 Å². The number of carbonyl (C=O) groups is 2. The Morgan fingerprint density at radius 1 is 0.789 bits per heavy atom. The summed E-state index contributed by atoms with van der Waals surface area (Å²) in [4.78, 5) is 24.3. The topological polar surface area (TPSA) is 37.4 Å². The van der Waals surface area contributed by atoms with Crippen molar-refractivity contribution >= 4 is 11.7 Å². The molecular formula is C16H31NO2. The van der Waals surface area contributed by atoms with Crippen molar-refractivity contribution in [2.45, 2.75) is 77.6 Å². The first-order valence-corrected chi connectivity index (χ1v) is 7.79. The first-order valence-electron chi connectivity index (χ1n) is 7.79. The zero-order chi connectivity index (χ0) is 14.5. The lowest BCUT2D eigenvalue weighted by Crippen LogP contribution is -2.24. The molecule has 0 heterocycles. The molecule has 3 heteroatoms. The average Bonchev–Trinajstić information content (AvgIpc) is 2.36. The van der Waals surface area contributed by atoms with Crippen molar-refractivity contribution in [3.8, 4) is 0 Å². The number of Topliss-reactive ketones (excluding diaryl/α,β-unsaturated/α-hetero) is 1. The number of nitrogens with zero attached hydrogens (tertiary/aromatic N) is 1. The van der Waals surface area contributed by atoms with Gasteiger partial charge in [0, 0.05) is 20.5 Å². The van der Waals surface area contributed by atoms with Crippen LogP contribution in [0.2, 0.25) is 0 Å². The van der Waals surface area contributed by atoms with E-state index in [1.165, 1.54) is 49.8 Å². The third-order valence-electron chi connectivity index (χ3n) is 3.41. The number of rotatable bonds is 12. The van der Waals surface area contributed by atoms with Gasteiger partial charge >= 0.3 is 0 Å². The lowest BCUT2D eigenvalue weighted by molar-refractivity contribution is -0.133. The maximum atomic E-state index is 11.5. The molecule has 0 bridgehead atoms. The average molecular weight is 269 g/mol. The Bertz CT molecular complexity index is 249. The van der Waals surface area contributed by atoms with Gasteiger partial charge in [0.15, 0.2) is 0 Å². The van der Waals surface area contributed by atoms with Crippen LogP contribution in [0, 0.1) is 0 Å². The van der Waals surface area contributed by atoms with Crippen LogP contribution in [0.15, 0.2) is 0 Å². The summed E-state index contributed by atoms with van der Waals surface area (Å²) in [6.07, 6.45) is 11.9. The van der Waals surface area contributed by atoms with E-state index in [0.717, 1.165) is 12.8 Å². The van der Waals surface area contributed by atoms with Crippen molar-refractivity contribution in [1.82, 2.24) is 4.90 Å². The lowest BCUT2D eigenvalue weighted by atomic mass is 10.0. The van der Waals surface area contributed by atoms with E-state index in [0.29, 0.717) is 6.42 Å². The van der Waals surface area contributed by atoms with Crippen molar-refractivity contribution in [3.63, 3.8) is 0 Å². The highest BCUT2D eigenvalue weighted by Crippen LogP contribution is 2.11. The van der Waals surface area contributed by atoms with Crippen molar-refractivity contribution in [2.24, 2.45) is 0 Å². The number of hydrogen-bond donors (Lipinski definition) is 0. The summed E-state index contributed by atoms with van der Waals surface area (Å²) < 4.78 is 0. The van der Waals surface area contributed by atoms with Crippen LogP contribution in [-0.2, 0) is 9.59 Å². The van der Waals surface area contributed by atoms with Crippen molar-refractivity contribution < 1.29 is 9.59 Å². The first-order chi connectivity index (χ1) is 9.07. The molecule has 3 nitrogen and oxygen atoms in total. The Morgan fingerprint density at radius 3 is 1.74 bits per heavy atom. The molecule has 0 unspecified atom stereocenters. The molecule has 19 heavy (non-hydrogen) atoms. The third kappa shape index (κ3) is 11.9. The van der Waals surface area contributed by atoms with Crippen molar-refractivity contribution in [1.29, 1.82) is 0 Å². The second-order valence-corrected chi connectivity index (χ2v) is 5.58. The van der Waals surface area contributed by atoms with Crippen LogP contribution in [0.4, 0.5) is 0 Å². The van der Waals surface area contributed by atoms with Gasteiger partial charge in [0.1, 0.15) is 5.78 Å². The maximum absolute atomic E-state index is 11.5. The van der Waals surface area contributed by atoms with Crippen molar-refractivity contribution in [3.05, 3.63) is 0 Å². The molecule has 0 saturated carbocycles. The van der Waals surface area contributed by atoms with Crippen LogP contribution in [0.25, 0.3) is 0 Å². The Labute approximate surface area is 118 Å². The smallest absolute Gasteiger partial charge is 0.229 e. The Balaban J connectivity index is 3.30. The number of ketones is 1. The van der Waals surface area contributed by atoms with Gasteiger partial charge < -0.3 is 4.90 Å². The lowest BCUT2D eigenvalue weighted by Gasteiger charge is -2.09. The third-order valence-corrected chi connectivity index (χ3v) is 3.41. The molecule has 0 aromatic carbocycles. The minimum Gasteiger partial charge on any atom is -0.348 e. The first kappa shape index (κ1) is 18.1. The number of amides is 1. The van der Waals surface area contributed by atoms with Crippen LogP contribution in [0.3, 0.4) is 0 Å². The molecule has 0 rings (SSSR count). The molecule has 112 valence electrons. The zero-order valence-electron chi connectivity index (χ0n) is 13.0. The standard InChI is InChI=1S/C16H31NO2/c1-4-5-6-7-8-9-10-11-12-13-15(18)14-16(19)17(2)3/h4-14H2,1-3H3. The van der Waals surface area contributed by atoms with Gasteiger partial charge in [0.2, 0.25) is 5.91 Å². The maximum Gasteiger partial charge on any atom is 0.229 e. The van der Waals surface area contributed by atoms with E-state index in [1.54, 1.807) is 14.1 Å². The Kier molecular flexibility index (Phi) is 11.6. The molecule has 0 aromatic rings. The van der Waals surface area contributed by atoms with Gasteiger partial charge in [-0.25, -0.2) is 0 Å². The molecule has 0 aliphatic heterocycles. The van der Waals surface area contributed by atoms with Gasteiger partial charge in [-0.15, -0.1) is 0 Å². The van der Waals surface area contributed by atoms with Gasteiger partial charge in [0.05, 0.1) is 6.42 Å². The largest absolute Gasteiger partial charge is 0.348 e. The zero-order valence-corrected chi connectivity index (χ0v) is 13.0. The van der Waals surface area contributed by atoms with Crippen molar-refractivity contribution in [2.75, 3.05) is 14.1 Å². The Morgan fingerprint density at radius 2 is 1.26 bits per heavy atom. The van der Waals surface area contributed by atoms with E-state index in [4.69, 9.17) is 0 Å². The van der Waals surface area contributed by atoms with E-state index in [2.05, 4.69) is 6.92 Å². The fraction of sp³-hybridized carbons (Fsp3) is 0.875. The highest BCUT2D eigenvalue weighted by molar-refractivity contribution is 5.97. The summed E-state index contributed by atoms with van der Waals surface area (Å²) in [6, 6.07) is 0. The van der Waals surface area contributed by atoms with Crippen LogP contribution in [0.1, 0.15) is 77.6 Å². The van der Waals surface area contributed by atoms with E-state index < -0.39 is 0 Å². The SMILES string of the molecule is CCCCCCCCCCCC(=O)CC(=O)N(C)C. The highest BCUT2D eigenvalue weighted by Gasteiger charge is 2.10. The summed E-state index contributed by atoms with van der Waals surface area (Å²) in [5, 5.41) is 0. The molecule has 0 atom stereocenters. The van der Waals surface area contributed by atoms with Gasteiger partial charge in [-0.05, 0) is 6.42 Å². The van der Waals surface area contributed by atoms with Gasteiger partial charge in [-0.3, -0.25) is 9.59 Å². The molecule has 0 aliphatic rings. The number of carbonyl (C=O) groups excluding carboxylic acids is 2. The number of hydrogen-bond acceptors (Lipinski definition) is 2. The monoisotopic (exact) mass is 269 g/mol. The molecule has 0 aliphatic carbocycles. The second-order valence-electron chi connectivity index (χ2n) is 5.58. The summed E-state index contributed by atoms with van der Waals surface area (Å²) in [5.41, 5.74) is 0. The molecule has 0 N–H and O–H groups in total. The second kappa shape index (κ2) is 12.2. The summed E-state index contributed by atoms with van der Waals surface area (Å²) in [7, 11) is 3.38. The van der Waals surface area contributed by atoms with Crippen LogP contribution in [0.5, 0.6) is 0 Å². The molecule has 0 spiro atoms. The summed E-state index contributed by atoms with van der Waals surface area (Å²) in [5.74, 6) is 0.00238. The van der Waals surface area contributed by atoms with Gasteiger partial charge in [-0.1, -0.05) is 58.3 Å². The quantitative estimate of drug-likeness (QED) is 0.397. The summed E-state index contributed by atoms with van der Waals surface area (Å²) in [6.45, 7) is 2.23. The van der Waals surface area contributed by atoms with Crippen LogP contribution in [-0.4, -0.2) is 30.7 Å². The molecule has 0 aromatic heterocycles. The van der Waals surface area contributed by atoms with Gasteiger partial charge in [-0.2, -0.15) is 0 Å². The van der Waals surface area contributed by atoms with Crippen LogP contribution < -0.4 is 0 Å². The highest BCUT2D eigenvalue weighted by atomic mass is 16.2. The fourth-order valence-corrected chi connectivity index (χ4v) is 2.05. The van der Waals surface area contributed by atoms with E-state index in [1.807, 2.05) is 0 Å². The normalized spacial score (nSPS) is 10.5. The minimum atomic E-state index is -0.0825. The molecule has 0 saturated heterocycles. The molecule has 0 radical (unpaired) electrons. The predicted molar refractivity (Wildman–Crippen MR) is 80.2 cm³/mol. The Hall–Kier alpha value is -0.860. The van der Waals surface area contributed by atoms with Crippen LogP contribution >= 0.6 is 0 Å². The van der Waals surface area contributed by atoms with E-state index in [9.17, 15) is 9.59 Å². The van der Waals surface area contributed by atoms with Gasteiger partial charge in [0.25, 0.3) is 0 Å². The fourth-order valence-electron chi connectivity index (χ4n) is 2.05. The molecular weight excluding hydrogens is 238 g/mol. The molecule has 0 fully saturated rings. The summed E-state index contributed by atoms with van der Waals surface area (Å²) >= 11 is 0. The molecule has 1 amide bonds. The van der Waals surface area contributed by atoms with E-state index in [-0.39, 0.29) is 18.1 Å².